The Labute approximate surface area is 98.5 Å². The molecule has 0 saturated carbocycles. The number of hydrogen-bond donors (Lipinski definition) is 2. The molecule has 1 aromatic carbocycles. The SMILES string of the molecule is C[C@@H](NC(=O)CCC(=O)O)c1cccc(F)c1. The molecule has 0 radical (unpaired) electrons. The summed E-state index contributed by atoms with van der Waals surface area (Å²) in [6, 6.07) is 5.58. The van der Waals surface area contributed by atoms with E-state index in [2.05, 4.69) is 5.32 Å². The van der Waals surface area contributed by atoms with E-state index in [9.17, 15) is 14.0 Å². The molecule has 4 nitrogen and oxygen atoms in total. The van der Waals surface area contributed by atoms with E-state index in [1.54, 1.807) is 19.1 Å². The third-order valence-corrected chi connectivity index (χ3v) is 2.29. The lowest BCUT2D eigenvalue weighted by Crippen LogP contribution is -2.26. The second-order valence-electron chi connectivity index (χ2n) is 3.74. The largest absolute Gasteiger partial charge is 0.481 e. The fourth-order valence-electron chi connectivity index (χ4n) is 1.39. The average molecular weight is 239 g/mol. The maximum absolute atomic E-state index is 12.9. The number of amides is 1. The van der Waals surface area contributed by atoms with Crippen LogP contribution in [0.15, 0.2) is 24.3 Å². The van der Waals surface area contributed by atoms with Crippen molar-refractivity contribution < 1.29 is 19.1 Å². The van der Waals surface area contributed by atoms with Crippen LogP contribution in [-0.2, 0) is 9.59 Å². The zero-order chi connectivity index (χ0) is 12.8. The Bertz CT molecular complexity index is 420. The van der Waals surface area contributed by atoms with Gasteiger partial charge in [0.1, 0.15) is 5.82 Å². The van der Waals surface area contributed by atoms with Crippen molar-refractivity contribution >= 4 is 11.9 Å². The highest BCUT2D eigenvalue weighted by Crippen LogP contribution is 2.13. The second-order valence-corrected chi connectivity index (χ2v) is 3.74. The lowest BCUT2D eigenvalue weighted by Gasteiger charge is -2.13. The lowest BCUT2D eigenvalue weighted by atomic mass is 10.1. The quantitative estimate of drug-likeness (QED) is 0.824. The number of carbonyl (C=O) groups is 2. The van der Waals surface area contributed by atoms with Gasteiger partial charge >= 0.3 is 5.97 Å². The summed E-state index contributed by atoms with van der Waals surface area (Å²) in [4.78, 5) is 21.6. The van der Waals surface area contributed by atoms with Crippen LogP contribution in [0.4, 0.5) is 4.39 Å². The number of nitrogens with one attached hydrogen (secondary N) is 1. The zero-order valence-electron chi connectivity index (χ0n) is 9.44. The molecule has 0 aliphatic rings. The molecule has 1 aromatic rings. The van der Waals surface area contributed by atoms with Crippen LogP contribution in [0.2, 0.25) is 0 Å². The van der Waals surface area contributed by atoms with Gasteiger partial charge in [-0.05, 0) is 24.6 Å². The summed E-state index contributed by atoms with van der Waals surface area (Å²) in [6.07, 6.45) is -0.281. The molecule has 1 atom stereocenters. The second kappa shape index (κ2) is 5.98. The molecule has 0 heterocycles. The van der Waals surface area contributed by atoms with E-state index in [1.165, 1.54) is 12.1 Å². The van der Waals surface area contributed by atoms with E-state index in [0.29, 0.717) is 5.56 Å². The number of carbonyl (C=O) groups excluding carboxylic acids is 1. The predicted octanol–water partition coefficient (Wildman–Crippen LogP) is 1.87. The van der Waals surface area contributed by atoms with Gasteiger partial charge in [-0.25, -0.2) is 4.39 Å². The number of aliphatic carboxylic acids is 1. The van der Waals surface area contributed by atoms with Gasteiger partial charge in [0.05, 0.1) is 12.5 Å². The minimum atomic E-state index is -1.02. The Kier molecular flexibility index (Phi) is 4.63. The molecule has 5 heteroatoms. The highest BCUT2D eigenvalue weighted by Gasteiger charge is 2.11. The topological polar surface area (TPSA) is 66.4 Å². The molecular formula is C12H14FNO3. The van der Waals surface area contributed by atoms with Gasteiger partial charge in [0.15, 0.2) is 0 Å². The van der Waals surface area contributed by atoms with Crippen LogP contribution in [0.5, 0.6) is 0 Å². The molecule has 17 heavy (non-hydrogen) atoms. The Hall–Kier alpha value is -1.91. The Morgan fingerprint density at radius 3 is 2.71 bits per heavy atom. The maximum atomic E-state index is 12.9. The summed E-state index contributed by atoms with van der Waals surface area (Å²) in [5, 5.41) is 11.0. The lowest BCUT2D eigenvalue weighted by molar-refractivity contribution is -0.138. The van der Waals surface area contributed by atoms with Crippen LogP contribution in [-0.4, -0.2) is 17.0 Å². The van der Waals surface area contributed by atoms with Crippen molar-refractivity contribution in [2.24, 2.45) is 0 Å². The van der Waals surface area contributed by atoms with Gasteiger partial charge in [-0.3, -0.25) is 9.59 Å². The van der Waals surface area contributed by atoms with Gasteiger partial charge in [0.25, 0.3) is 0 Å². The maximum Gasteiger partial charge on any atom is 0.303 e. The molecule has 2 N–H and O–H groups in total. The molecule has 0 bridgehead atoms. The van der Waals surface area contributed by atoms with Gasteiger partial charge < -0.3 is 10.4 Å². The molecule has 0 unspecified atom stereocenters. The van der Waals surface area contributed by atoms with Gasteiger partial charge in [-0.2, -0.15) is 0 Å². The third-order valence-electron chi connectivity index (χ3n) is 2.29. The molecule has 0 fully saturated rings. The number of rotatable bonds is 5. The van der Waals surface area contributed by atoms with Crippen LogP contribution in [0.1, 0.15) is 31.4 Å². The summed E-state index contributed by atoms with van der Waals surface area (Å²) in [5.74, 6) is -1.74. The van der Waals surface area contributed by atoms with Gasteiger partial charge in [0.2, 0.25) is 5.91 Å². The molecule has 0 aliphatic carbocycles. The first-order chi connectivity index (χ1) is 7.99. The van der Waals surface area contributed by atoms with Crippen LogP contribution >= 0.6 is 0 Å². The van der Waals surface area contributed by atoms with Gasteiger partial charge in [-0.15, -0.1) is 0 Å². The normalized spacial score (nSPS) is 11.9. The molecule has 1 amide bonds. The molecule has 0 saturated heterocycles. The van der Waals surface area contributed by atoms with E-state index in [4.69, 9.17) is 5.11 Å². The van der Waals surface area contributed by atoms with E-state index >= 15 is 0 Å². The fourth-order valence-corrected chi connectivity index (χ4v) is 1.39. The Balaban J connectivity index is 2.51. The molecule has 0 aromatic heterocycles. The number of carboxylic acids is 1. The average Bonchev–Trinajstić information content (AvgIpc) is 2.26. The first kappa shape index (κ1) is 13.2. The molecule has 1 rings (SSSR count). The van der Waals surface area contributed by atoms with Gasteiger partial charge in [0, 0.05) is 6.42 Å². The molecule has 0 aliphatic heterocycles. The van der Waals surface area contributed by atoms with E-state index in [-0.39, 0.29) is 30.6 Å². The van der Waals surface area contributed by atoms with Crippen molar-refractivity contribution in [1.82, 2.24) is 5.32 Å². The van der Waals surface area contributed by atoms with Crippen molar-refractivity contribution in [2.45, 2.75) is 25.8 Å². The highest BCUT2D eigenvalue weighted by molar-refractivity contribution is 5.80. The first-order valence-corrected chi connectivity index (χ1v) is 5.25. The number of benzene rings is 1. The Morgan fingerprint density at radius 1 is 1.41 bits per heavy atom. The van der Waals surface area contributed by atoms with Crippen LogP contribution in [0, 0.1) is 5.82 Å². The Morgan fingerprint density at radius 2 is 2.12 bits per heavy atom. The van der Waals surface area contributed by atoms with Gasteiger partial charge in [-0.1, -0.05) is 12.1 Å². The minimum absolute atomic E-state index is 0.0744. The number of hydrogen-bond acceptors (Lipinski definition) is 2. The summed E-state index contributed by atoms with van der Waals surface area (Å²) >= 11 is 0. The zero-order valence-corrected chi connectivity index (χ0v) is 9.44. The van der Waals surface area contributed by atoms with Crippen molar-refractivity contribution in [2.75, 3.05) is 0 Å². The molecule has 0 spiro atoms. The van der Waals surface area contributed by atoms with E-state index in [1.807, 2.05) is 0 Å². The monoisotopic (exact) mass is 239 g/mol. The highest BCUT2D eigenvalue weighted by atomic mass is 19.1. The fraction of sp³-hybridized carbons (Fsp3) is 0.333. The summed E-state index contributed by atoms with van der Waals surface area (Å²) < 4.78 is 12.9. The van der Waals surface area contributed by atoms with Crippen LogP contribution < -0.4 is 5.32 Å². The van der Waals surface area contributed by atoms with E-state index in [0.717, 1.165) is 0 Å². The van der Waals surface area contributed by atoms with Crippen LogP contribution in [0.3, 0.4) is 0 Å². The summed E-state index contributed by atoms with van der Waals surface area (Å²) in [7, 11) is 0. The summed E-state index contributed by atoms with van der Waals surface area (Å²) in [5.41, 5.74) is 0.647. The molecule has 92 valence electrons. The summed E-state index contributed by atoms with van der Waals surface area (Å²) in [6.45, 7) is 1.72. The van der Waals surface area contributed by atoms with Crippen molar-refractivity contribution in [3.63, 3.8) is 0 Å². The minimum Gasteiger partial charge on any atom is -0.481 e. The predicted molar refractivity (Wildman–Crippen MR) is 59.8 cm³/mol. The smallest absolute Gasteiger partial charge is 0.303 e. The third kappa shape index (κ3) is 4.63. The number of carboxylic acid groups (broad SMARTS) is 1. The standard InChI is InChI=1S/C12H14FNO3/c1-8(9-3-2-4-10(13)7-9)14-11(15)5-6-12(16)17/h2-4,7-8H,5-6H2,1H3,(H,14,15)(H,16,17)/t8-/m1/s1. The molecular weight excluding hydrogens is 225 g/mol. The van der Waals surface area contributed by atoms with Crippen molar-refractivity contribution in [3.05, 3.63) is 35.6 Å². The first-order valence-electron chi connectivity index (χ1n) is 5.25. The van der Waals surface area contributed by atoms with Crippen molar-refractivity contribution in [1.29, 1.82) is 0 Å². The van der Waals surface area contributed by atoms with Crippen LogP contribution in [0.25, 0.3) is 0 Å². The van der Waals surface area contributed by atoms with E-state index < -0.39 is 5.97 Å². The number of halogens is 1. The van der Waals surface area contributed by atoms with Crippen molar-refractivity contribution in [3.8, 4) is 0 Å².